The van der Waals surface area contributed by atoms with Crippen molar-refractivity contribution >= 4 is 5.91 Å². The van der Waals surface area contributed by atoms with Gasteiger partial charge >= 0.3 is 0 Å². The van der Waals surface area contributed by atoms with Crippen molar-refractivity contribution in [3.8, 4) is 5.75 Å². The summed E-state index contributed by atoms with van der Waals surface area (Å²) in [5.74, 6) is 2.13. The van der Waals surface area contributed by atoms with Gasteiger partial charge in [-0.05, 0) is 45.2 Å². The van der Waals surface area contributed by atoms with Crippen LogP contribution in [0, 0.1) is 6.92 Å². The Morgan fingerprint density at radius 1 is 1.35 bits per heavy atom. The number of carbonyl (C=O) groups excluding carboxylic acids is 1. The highest BCUT2D eigenvalue weighted by Gasteiger charge is 2.27. The minimum Gasteiger partial charge on any atom is -0.482 e. The molecule has 6 nitrogen and oxygen atoms in total. The first-order chi connectivity index (χ1) is 12.6. The first-order valence-corrected chi connectivity index (χ1v) is 9.50. The summed E-state index contributed by atoms with van der Waals surface area (Å²) in [6.07, 6.45) is 6.72. The van der Waals surface area contributed by atoms with E-state index in [1.54, 1.807) is 0 Å². The number of aromatic nitrogens is 3. The number of nitrogens with zero attached hydrogens (tertiary/aromatic N) is 4. The molecule has 0 spiro atoms. The Bertz CT molecular complexity index is 756. The Balaban J connectivity index is 1.61. The van der Waals surface area contributed by atoms with Gasteiger partial charge in [0.1, 0.15) is 11.6 Å². The maximum absolute atomic E-state index is 12.7. The van der Waals surface area contributed by atoms with Gasteiger partial charge in [-0.25, -0.2) is 4.98 Å². The molecule has 2 aromatic heterocycles. The van der Waals surface area contributed by atoms with E-state index in [9.17, 15) is 4.79 Å². The predicted octanol–water partition coefficient (Wildman–Crippen LogP) is 2.95. The van der Waals surface area contributed by atoms with Crippen molar-refractivity contribution in [1.29, 1.82) is 0 Å². The molecule has 1 saturated heterocycles. The number of aryl methyl sites for hydroxylation is 3. The monoisotopic (exact) mass is 356 g/mol. The van der Waals surface area contributed by atoms with Crippen LogP contribution in [0.25, 0.3) is 0 Å². The molecule has 1 atom stereocenters. The molecule has 1 aliphatic rings. The molecule has 0 radical (unpaired) electrons. The minimum atomic E-state index is 0.0342. The van der Waals surface area contributed by atoms with Crippen LogP contribution in [-0.2, 0) is 17.8 Å². The maximum Gasteiger partial charge on any atom is 0.260 e. The van der Waals surface area contributed by atoms with Crippen LogP contribution >= 0.6 is 0 Å². The molecule has 1 unspecified atom stereocenters. The third-order valence-electron chi connectivity index (χ3n) is 4.99. The van der Waals surface area contributed by atoms with Gasteiger partial charge in [0.2, 0.25) is 0 Å². The smallest absolute Gasteiger partial charge is 0.260 e. The summed E-state index contributed by atoms with van der Waals surface area (Å²) in [4.78, 5) is 23.6. The van der Waals surface area contributed by atoms with Gasteiger partial charge in [-0.1, -0.05) is 6.92 Å². The molecule has 6 heteroatoms. The lowest BCUT2D eigenvalue weighted by atomic mass is 9.97. The molecule has 26 heavy (non-hydrogen) atoms. The second kappa shape index (κ2) is 8.34. The fourth-order valence-electron chi connectivity index (χ4n) is 3.58. The zero-order chi connectivity index (χ0) is 18.5. The molecule has 0 N–H and O–H groups in total. The standard InChI is InChI=1S/C20H28N4O2/c1-4-17-18(9-8-15(3)22-17)26-14-19(25)24-11-6-7-16(13-24)20-21-10-12-23(20)5-2/h8-10,12,16H,4-7,11,13-14H2,1-3H3. The van der Waals surface area contributed by atoms with Gasteiger partial charge in [0.15, 0.2) is 6.61 Å². The van der Waals surface area contributed by atoms with Crippen molar-refractivity contribution in [1.82, 2.24) is 19.4 Å². The van der Waals surface area contributed by atoms with Gasteiger partial charge in [0, 0.05) is 43.6 Å². The van der Waals surface area contributed by atoms with E-state index in [1.165, 1.54) is 0 Å². The number of rotatable bonds is 6. The average Bonchev–Trinajstić information content (AvgIpc) is 3.15. The van der Waals surface area contributed by atoms with Gasteiger partial charge in [-0.3, -0.25) is 9.78 Å². The Hall–Kier alpha value is -2.37. The van der Waals surface area contributed by atoms with Gasteiger partial charge in [0.25, 0.3) is 5.91 Å². The molecule has 0 aliphatic carbocycles. The molecule has 0 bridgehead atoms. The quantitative estimate of drug-likeness (QED) is 0.798. The van der Waals surface area contributed by atoms with Crippen LogP contribution < -0.4 is 4.74 Å². The van der Waals surface area contributed by atoms with Gasteiger partial charge < -0.3 is 14.2 Å². The summed E-state index contributed by atoms with van der Waals surface area (Å²) < 4.78 is 7.96. The first-order valence-electron chi connectivity index (χ1n) is 9.50. The normalized spacial score (nSPS) is 17.3. The molecule has 0 aromatic carbocycles. The second-order valence-electron chi connectivity index (χ2n) is 6.79. The van der Waals surface area contributed by atoms with Crippen LogP contribution in [0.2, 0.25) is 0 Å². The third-order valence-corrected chi connectivity index (χ3v) is 4.99. The molecule has 0 saturated carbocycles. The predicted molar refractivity (Wildman–Crippen MR) is 100 cm³/mol. The van der Waals surface area contributed by atoms with E-state index in [2.05, 4.69) is 21.5 Å². The average molecular weight is 356 g/mol. The lowest BCUT2D eigenvalue weighted by molar-refractivity contribution is -0.134. The van der Waals surface area contributed by atoms with E-state index in [0.29, 0.717) is 18.2 Å². The fraction of sp³-hybridized carbons (Fsp3) is 0.550. The minimum absolute atomic E-state index is 0.0342. The summed E-state index contributed by atoms with van der Waals surface area (Å²) in [6.45, 7) is 8.59. The molecule has 3 heterocycles. The number of likely N-dealkylation sites (tertiary alicyclic amines) is 1. The van der Waals surface area contributed by atoms with E-state index in [0.717, 1.165) is 49.6 Å². The van der Waals surface area contributed by atoms with Crippen LogP contribution in [0.1, 0.15) is 49.8 Å². The van der Waals surface area contributed by atoms with E-state index in [4.69, 9.17) is 4.74 Å². The number of carbonyl (C=O) groups is 1. The molecular formula is C20H28N4O2. The molecular weight excluding hydrogens is 328 g/mol. The Morgan fingerprint density at radius 2 is 2.19 bits per heavy atom. The topological polar surface area (TPSA) is 60.2 Å². The molecule has 1 amide bonds. The Morgan fingerprint density at radius 3 is 2.96 bits per heavy atom. The van der Waals surface area contributed by atoms with Crippen LogP contribution in [0.3, 0.4) is 0 Å². The molecule has 1 fully saturated rings. The van der Waals surface area contributed by atoms with Crippen molar-refractivity contribution in [3.05, 3.63) is 41.7 Å². The number of hydrogen-bond donors (Lipinski definition) is 0. The van der Waals surface area contributed by atoms with Crippen molar-refractivity contribution in [2.24, 2.45) is 0 Å². The molecule has 140 valence electrons. The number of ether oxygens (including phenoxy) is 1. The van der Waals surface area contributed by atoms with E-state index >= 15 is 0 Å². The molecule has 3 rings (SSSR count). The van der Waals surface area contributed by atoms with Crippen LogP contribution in [-0.4, -0.2) is 45.0 Å². The zero-order valence-electron chi connectivity index (χ0n) is 15.9. The first kappa shape index (κ1) is 18.4. The largest absolute Gasteiger partial charge is 0.482 e. The Labute approximate surface area is 155 Å². The number of amides is 1. The molecule has 1 aliphatic heterocycles. The summed E-state index contributed by atoms with van der Waals surface area (Å²) in [5.41, 5.74) is 1.87. The van der Waals surface area contributed by atoms with Crippen LogP contribution in [0.5, 0.6) is 5.75 Å². The van der Waals surface area contributed by atoms with E-state index in [-0.39, 0.29) is 12.5 Å². The lowest BCUT2D eigenvalue weighted by Gasteiger charge is -2.32. The van der Waals surface area contributed by atoms with E-state index in [1.807, 2.05) is 43.3 Å². The van der Waals surface area contributed by atoms with Gasteiger partial charge in [-0.15, -0.1) is 0 Å². The second-order valence-corrected chi connectivity index (χ2v) is 6.79. The summed E-state index contributed by atoms with van der Waals surface area (Å²) >= 11 is 0. The number of piperidine rings is 1. The SMILES string of the molecule is CCc1nc(C)ccc1OCC(=O)N1CCCC(c2nccn2CC)C1. The fourth-order valence-corrected chi connectivity index (χ4v) is 3.58. The Kier molecular flexibility index (Phi) is 5.91. The highest BCUT2D eigenvalue weighted by atomic mass is 16.5. The van der Waals surface area contributed by atoms with E-state index < -0.39 is 0 Å². The number of pyridine rings is 1. The van der Waals surface area contributed by atoms with Crippen molar-refractivity contribution < 1.29 is 9.53 Å². The third kappa shape index (κ3) is 4.06. The van der Waals surface area contributed by atoms with Crippen molar-refractivity contribution in [2.75, 3.05) is 19.7 Å². The zero-order valence-corrected chi connectivity index (χ0v) is 15.9. The highest BCUT2D eigenvalue weighted by molar-refractivity contribution is 5.78. The summed E-state index contributed by atoms with van der Waals surface area (Å²) in [5, 5.41) is 0. The van der Waals surface area contributed by atoms with Crippen LogP contribution in [0.4, 0.5) is 0 Å². The van der Waals surface area contributed by atoms with Crippen LogP contribution in [0.15, 0.2) is 24.5 Å². The van der Waals surface area contributed by atoms with Gasteiger partial charge in [-0.2, -0.15) is 0 Å². The number of hydrogen-bond acceptors (Lipinski definition) is 4. The maximum atomic E-state index is 12.7. The lowest BCUT2D eigenvalue weighted by Crippen LogP contribution is -2.42. The summed E-state index contributed by atoms with van der Waals surface area (Å²) in [6, 6.07) is 3.83. The van der Waals surface area contributed by atoms with Crippen molar-refractivity contribution in [3.63, 3.8) is 0 Å². The number of imidazole rings is 1. The molecule has 2 aromatic rings. The van der Waals surface area contributed by atoms with Gasteiger partial charge in [0.05, 0.1) is 5.69 Å². The highest BCUT2D eigenvalue weighted by Crippen LogP contribution is 2.26. The van der Waals surface area contributed by atoms with Crippen molar-refractivity contribution in [2.45, 2.75) is 52.5 Å². The summed E-state index contributed by atoms with van der Waals surface area (Å²) in [7, 11) is 0.